The minimum Gasteiger partial charge on any atom is -0.450 e. The maximum absolute atomic E-state index is 12.8. The van der Waals surface area contributed by atoms with Crippen LogP contribution >= 0.6 is 0 Å². The SMILES string of the molecule is CNC(COC(=O)O)(C(=O)C(F)(F)F)c1ccc([N+](=O)[O-])cc1. The first-order valence-corrected chi connectivity index (χ1v) is 5.96. The molecule has 2 N–H and O–H groups in total. The second-order valence-corrected chi connectivity index (χ2v) is 4.34. The van der Waals surface area contributed by atoms with Crippen molar-refractivity contribution in [2.24, 2.45) is 0 Å². The Hall–Kier alpha value is -2.69. The third-order valence-corrected chi connectivity index (χ3v) is 3.05. The molecule has 1 aromatic rings. The third-order valence-electron chi connectivity index (χ3n) is 3.05. The third kappa shape index (κ3) is 3.94. The molecule has 0 bridgehead atoms. The Morgan fingerprint density at radius 3 is 2.17 bits per heavy atom. The Labute approximate surface area is 127 Å². The molecule has 0 saturated heterocycles. The van der Waals surface area contributed by atoms with Crippen LogP contribution in [0, 0.1) is 10.1 Å². The minimum absolute atomic E-state index is 0.325. The van der Waals surface area contributed by atoms with E-state index >= 15 is 0 Å². The monoisotopic (exact) mass is 336 g/mol. The van der Waals surface area contributed by atoms with Crippen LogP contribution in [0.3, 0.4) is 0 Å². The molecule has 0 aliphatic heterocycles. The van der Waals surface area contributed by atoms with Gasteiger partial charge in [0.15, 0.2) is 0 Å². The number of nitro benzene ring substituents is 1. The number of carbonyl (C=O) groups excluding carboxylic acids is 1. The molecule has 23 heavy (non-hydrogen) atoms. The number of carboxylic acid groups (broad SMARTS) is 1. The first kappa shape index (κ1) is 18.4. The van der Waals surface area contributed by atoms with Gasteiger partial charge < -0.3 is 15.2 Å². The molecule has 1 rings (SSSR count). The van der Waals surface area contributed by atoms with Gasteiger partial charge in [-0.2, -0.15) is 13.2 Å². The number of nitro groups is 1. The van der Waals surface area contributed by atoms with Crippen LogP contribution in [0.25, 0.3) is 0 Å². The summed E-state index contributed by atoms with van der Waals surface area (Å²) in [5.74, 6) is -2.29. The fourth-order valence-corrected chi connectivity index (χ4v) is 1.89. The van der Waals surface area contributed by atoms with Crippen molar-refractivity contribution in [3.63, 3.8) is 0 Å². The van der Waals surface area contributed by atoms with Crippen molar-refractivity contribution < 1.29 is 37.5 Å². The van der Waals surface area contributed by atoms with E-state index in [1.165, 1.54) is 0 Å². The Balaban J connectivity index is 3.39. The number of nitrogens with one attached hydrogen (secondary N) is 1. The summed E-state index contributed by atoms with van der Waals surface area (Å²) >= 11 is 0. The summed E-state index contributed by atoms with van der Waals surface area (Å²) < 4.78 is 42.7. The van der Waals surface area contributed by atoms with E-state index < -0.39 is 40.9 Å². The lowest BCUT2D eigenvalue weighted by atomic mass is 9.85. The first-order chi connectivity index (χ1) is 10.5. The smallest absolute Gasteiger partial charge is 0.450 e. The average Bonchev–Trinajstić information content (AvgIpc) is 2.47. The molecule has 1 atom stereocenters. The molecule has 0 radical (unpaired) electrons. The Morgan fingerprint density at radius 1 is 1.30 bits per heavy atom. The van der Waals surface area contributed by atoms with Gasteiger partial charge in [-0.15, -0.1) is 0 Å². The molecule has 0 heterocycles. The molecule has 0 saturated carbocycles. The van der Waals surface area contributed by atoms with E-state index in [0.29, 0.717) is 0 Å². The second-order valence-electron chi connectivity index (χ2n) is 4.34. The molecule has 126 valence electrons. The average molecular weight is 336 g/mol. The summed E-state index contributed by atoms with van der Waals surface area (Å²) in [6.45, 7) is -1.16. The van der Waals surface area contributed by atoms with E-state index in [1.807, 2.05) is 0 Å². The lowest BCUT2D eigenvalue weighted by Crippen LogP contribution is -2.56. The highest BCUT2D eigenvalue weighted by atomic mass is 19.4. The van der Waals surface area contributed by atoms with E-state index in [1.54, 1.807) is 0 Å². The first-order valence-electron chi connectivity index (χ1n) is 5.96. The number of hydrogen-bond acceptors (Lipinski definition) is 6. The predicted octanol–water partition coefficient (Wildman–Crippen LogP) is 1.84. The largest absolute Gasteiger partial charge is 0.505 e. The van der Waals surface area contributed by atoms with Gasteiger partial charge in [-0.05, 0) is 24.7 Å². The highest BCUT2D eigenvalue weighted by molar-refractivity contribution is 5.94. The van der Waals surface area contributed by atoms with Crippen LogP contribution < -0.4 is 5.32 Å². The van der Waals surface area contributed by atoms with Crippen molar-refractivity contribution in [1.82, 2.24) is 5.32 Å². The predicted molar refractivity (Wildman–Crippen MR) is 68.9 cm³/mol. The van der Waals surface area contributed by atoms with Crippen molar-refractivity contribution in [2.75, 3.05) is 13.7 Å². The maximum atomic E-state index is 12.8. The molecule has 8 nitrogen and oxygen atoms in total. The highest BCUT2D eigenvalue weighted by Gasteiger charge is 2.54. The maximum Gasteiger partial charge on any atom is 0.505 e. The van der Waals surface area contributed by atoms with Crippen molar-refractivity contribution in [3.05, 3.63) is 39.9 Å². The van der Waals surface area contributed by atoms with Gasteiger partial charge in [-0.1, -0.05) is 0 Å². The molecule has 0 spiro atoms. The molecule has 11 heteroatoms. The molecule has 1 aromatic carbocycles. The van der Waals surface area contributed by atoms with Crippen molar-refractivity contribution in [1.29, 1.82) is 0 Å². The number of ether oxygens (including phenoxy) is 1. The van der Waals surface area contributed by atoms with Gasteiger partial charge in [0.2, 0.25) is 0 Å². The Bertz CT molecular complexity index is 616. The number of hydrogen-bond donors (Lipinski definition) is 2. The number of benzene rings is 1. The van der Waals surface area contributed by atoms with Gasteiger partial charge in [0.05, 0.1) is 4.92 Å². The number of likely N-dealkylation sites (N-methyl/N-ethyl adjacent to an activating group) is 1. The summed E-state index contributed by atoms with van der Waals surface area (Å²) in [4.78, 5) is 32.0. The number of nitrogens with zero attached hydrogens (tertiary/aromatic N) is 1. The lowest BCUT2D eigenvalue weighted by molar-refractivity contribution is -0.384. The molecule has 0 aliphatic rings. The molecule has 0 aliphatic carbocycles. The minimum atomic E-state index is -5.29. The number of non-ortho nitro benzene ring substituents is 1. The summed E-state index contributed by atoms with van der Waals surface area (Å²) in [5, 5.41) is 21.2. The van der Waals surface area contributed by atoms with Gasteiger partial charge in [-0.25, -0.2) is 4.79 Å². The number of ketones is 1. The van der Waals surface area contributed by atoms with Crippen molar-refractivity contribution >= 4 is 17.6 Å². The fraction of sp³-hybridized carbons (Fsp3) is 0.333. The van der Waals surface area contributed by atoms with Crippen LogP contribution in [0.2, 0.25) is 0 Å². The van der Waals surface area contributed by atoms with Crippen molar-refractivity contribution in [2.45, 2.75) is 11.7 Å². The fourth-order valence-electron chi connectivity index (χ4n) is 1.89. The Morgan fingerprint density at radius 2 is 1.83 bits per heavy atom. The van der Waals surface area contributed by atoms with Crippen LogP contribution in [0.15, 0.2) is 24.3 Å². The standard InChI is InChI=1S/C12H11F3N2O6/c1-16-11(6-23-10(19)20,9(18)12(13,14)15)7-2-4-8(5-3-7)17(21)22/h2-5,16H,6H2,1H3,(H,19,20). The van der Waals surface area contributed by atoms with Crippen LogP contribution in [0.1, 0.15) is 5.56 Å². The number of halogens is 3. The van der Waals surface area contributed by atoms with E-state index in [9.17, 15) is 32.9 Å². The molecule has 0 aromatic heterocycles. The normalized spacial score (nSPS) is 13.9. The van der Waals surface area contributed by atoms with E-state index in [4.69, 9.17) is 5.11 Å². The molecular weight excluding hydrogens is 325 g/mol. The molecular formula is C12H11F3N2O6. The van der Waals surface area contributed by atoms with Crippen molar-refractivity contribution in [3.8, 4) is 0 Å². The van der Waals surface area contributed by atoms with E-state index in [0.717, 1.165) is 31.3 Å². The molecule has 1 unspecified atom stereocenters. The van der Waals surface area contributed by atoms with E-state index in [2.05, 4.69) is 10.1 Å². The van der Waals surface area contributed by atoms with E-state index in [-0.39, 0.29) is 5.56 Å². The summed E-state index contributed by atoms with van der Waals surface area (Å²) in [6, 6.07) is 3.63. The quantitative estimate of drug-likeness (QED) is 0.462. The highest BCUT2D eigenvalue weighted by Crippen LogP contribution is 2.32. The van der Waals surface area contributed by atoms with Crippen LogP contribution in [-0.4, -0.2) is 41.8 Å². The lowest BCUT2D eigenvalue weighted by Gasteiger charge is -2.32. The second kappa shape index (κ2) is 6.60. The molecule has 0 amide bonds. The zero-order valence-electron chi connectivity index (χ0n) is 11.6. The number of alkyl halides is 3. The summed E-state index contributed by atoms with van der Waals surface area (Å²) in [7, 11) is 1.01. The van der Waals surface area contributed by atoms with Gasteiger partial charge >= 0.3 is 12.3 Å². The zero-order valence-corrected chi connectivity index (χ0v) is 11.6. The number of rotatable bonds is 6. The Kier molecular flexibility index (Phi) is 5.27. The zero-order chi connectivity index (χ0) is 17.8. The topological polar surface area (TPSA) is 119 Å². The number of Topliss-reactive ketones (excluding diaryl/α,β-unsaturated/α-hetero) is 1. The number of carbonyl (C=O) groups is 2. The van der Waals surface area contributed by atoms with Crippen LogP contribution in [-0.2, 0) is 15.1 Å². The van der Waals surface area contributed by atoms with Gasteiger partial charge in [0.25, 0.3) is 11.5 Å². The van der Waals surface area contributed by atoms with Gasteiger partial charge in [0.1, 0.15) is 12.1 Å². The summed E-state index contributed by atoms with van der Waals surface area (Å²) in [5.41, 5.74) is -3.28. The summed E-state index contributed by atoms with van der Waals surface area (Å²) in [6.07, 6.45) is -7.16. The van der Waals surface area contributed by atoms with Crippen LogP contribution in [0.4, 0.5) is 23.7 Å². The van der Waals surface area contributed by atoms with Gasteiger partial charge in [0, 0.05) is 12.1 Å². The van der Waals surface area contributed by atoms with Crippen LogP contribution in [0.5, 0.6) is 0 Å². The van der Waals surface area contributed by atoms with Gasteiger partial charge in [-0.3, -0.25) is 14.9 Å². The molecule has 0 fully saturated rings.